The van der Waals surface area contributed by atoms with E-state index >= 15 is 0 Å². The van der Waals surface area contributed by atoms with Crippen LogP contribution in [0.4, 0.5) is 18.9 Å². The number of nitrogen functional groups attached to an aromatic ring is 1. The molecule has 1 aromatic rings. The molecule has 0 unspecified atom stereocenters. The Morgan fingerprint density at radius 2 is 2.11 bits per heavy atom. The Morgan fingerprint density at radius 3 is 2.72 bits per heavy atom. The summed E-state index contributed by atoms with van der Waals surface area (Å²) in [5, 5.41) is 2.57. The highest BCUT2D eigenvalue weighted by Gasteiger charge is 2.27. The largest absolute Gasteiger partial charge is 0.441 e. The summed E-state index contributed by atoms with van der Waals surface area (Å²) in [7, 11) is 0. The summed E-state index contributed by atoms with van der Waals surface area (Å²) in [6.45, 7) is -0.102. The van der Waals surface area contributed by atoms with E-state index in [1.807, 2.05) is 0 Å². The van der Waals surface area contributed by atoms with Gasteiger partial charge in [-0.1, -0.05) is 17.7 Å². The fourth-order valence-electron chi connectivity index (χ4n) is 1.16. The molecular formula is C10H10ClF3N2OS. The number of hydrogen-bond acceptors (Lipinski definition) is 3. The van der Waals surface area contributed by atoms with Gasteiger partial charge in [0.05, 0.1) is 16.3 Å². The van der Waals surface area contributed by atoms with Crippen LogP contribution in [0.5, 0.6) is 0 Å². The minimum Gasteiger partial charge on any atom is -0.397 e. The Kier molecular flexibility index (Phi) is 5.15. The van der Waals surface area contributed by atoms with E-state index in [0.717, 1.165) is 0 Å². The van der Waals surface area contributed by atoms with Crippen LogP contribution in [-0.2, 0) is 0 Å². The summed E-state index contributed by atoms with van der Waals surface area (Å²) in [5.74, 6) is -0.798. The van der Waals surface area contributed by atoms with Crippen LogP contribution in [0.15, 0.2) is 18.2 Å². The van der Waals surface area contributed by atoms with Crippen LogP contribution in [0.2, 0.25) is 5.02 Å². The number of halogens is 4. The lowest BCUT2D eigenvalue weighted by Crippen LogP contribution is -2.27. The van der Waals surface area contributed by atoms with Crippen LogP contribution in [0, 0.1) is 0 Å². The molecule has 0 bridgehead atoms. The normalized spacial score (nSPS) is 11.3. The van der Waals surface area contributed by atoms with Crippen molar-refractivity contribution in [1.29, 1.82) is 0 Å². The maximum Gasteiger partial charge on any atom is 0.441 e. The molecule has 3 N–H and O–H groups in total. The number of carbonyl (C=O) groups excluding carboxylic acids is 1. The fraction of sp³-hybridized carbons (Fsp3) is 0.300. The van der Waals surface area contributed by atoms with E-state index in [1.54, 1.807) is 0 Å². The fourth-order valence-corrected chi connectivity index (χ4v) is 1.77. The van der Waals surface area contributed by atoms with E-state index in [4.69, 9.17) is 17.3 Å². The smallest absolute Gasteiger partial charge is 0.397 e. The molecule has 1 rings (SSSR count). The molecule has 0 fully saturated rings. The number of rotatable bonds is 4. The van der Waals surface area contributed by atoms with E-state index in [9.17, 15) is 18.0 Å². The molecule has 0 aromatic heterocycles. The molecule has 0 radical (unpaired) electrons. The maximum atomic E-state index is 11.8. The number of hydrogen-bond donors (Lipinski definition) is 2. The van der Waals surface area contributed by atoms with E-state index in [1.165, 1.54) is 18.2 Å². The SMILES string of the molecule is Nc1c(Cl)cccc1C(=O)NCCSC(F)(F)F. The van der Waals surface area contributed by atoms with Crippen molar-refractivity contribution in [2.45, 2.75) is 5.51 Å². The number of nitrogens with one attached hydrogen (secondary N) is 1. The summed E-state index contributed by atoms with van der Waals surface area (Å²) in [5.41, 5.74) is 1.55. The lowest BCUT2D eigenvalue weighted by molar-refractivity contribution is -0.0327. The number of amides is 1. The van der Waals surface area contributed by atoms with E-state index in [2.05, 4.69) is 5.32 Å². The lowest BCUT2D eigenvalue weighted by Gasteiger charge is -2.09. The van der Waals surface area contributed by atoms with Gasteiger partial charge in [-0.2, -0.15) is 13.2 Å². The van der Waals surface area contributed by atoms with Gasteiger partial charge in [-0.25, -0.2) is 0 Å². The van der Waals surface area contributed by atoms with Crippen molar-refractivity contribution < 1.29 is 18.0 Å². The van der Waals surface area contributed by atoms with Crippen LogP contribution >= 0.6 is 23.4 Å². The molecule has 1 amide bonds. The Bertz CT molecular complexity index is 440. The van der Waals surface area contributed by atoms with Gasteiger partial charge in [-0.3, -0.25) is 4.79 Å². The number of carbonyl (C=O) groups is 1. The van der Waals surface area contributed by atoms with Gasteiger partial charge < -0.3 is 11.1 Å². The topological polar surface area (TPSA) is 55.1 Å². The average molecular weight is 299 g/mol. The van der Waals surface area contributed by atoms with Crippen molar-refractivity contribution in [1.82, 2.24) is 5.32 Å². The first-order valence-electron chi connectivity index (χ1n) is 4.84. The molecule has 1 aromatic carbocycles. The minimum atomic E-state index is -4.29. The van der Waals surface area contributed by atoms with Crippen LogP contribution in [-0.4, -0.2) is 23.7 Å². The van der Waals surface area contributed by atoms with Gasteiger partial charge in [-0.05, 0) is 23.9 Å². The first kappa shape index (κ1) is 15.0. The third-order valence-corrected chi connectivity index (χ3v) is 3.02. The highest BCUT2D eigenvalue weighted by molar-refractivity contribution is 8.00. The Labute approximate surface area is 111 Å². The van der Waals surface area contributed by atoms with Crippen molar-refractivity contribution in [3.05, 3.63) is 28.8 Å². The summed E-state index contributed by atoms with van der Waals surface area (Å²) >= 11 is 5.53. The first-order chi connectivity index (χ1) is 8.31. The zero-order valence-electron chi connectivity index (χ0n) is 9.05. The van der Waals surface area contributed by atoms with E-state index in [-0.39, 0.29) is 40.3 Å². The van der Waals surface area contributed by atoms with Gasteiger partial charge in [-0.15, -0.1) is 0 Å². The molecule has 0 heterocycles. The average Bonchev–Trinajstić information content (AvgIpc) is 2.26. The second-order valence-electron chi connectivity index (χ2n) is 3.25. The molecule has 0 aliphatic rings. The highest BCUT2D eigenvalue weighted by Crippen LogP contribution is 2.29. The lowest BCUT2D eigenvalue weighted by atomic mass is 10.1. The number of alkyl halides is 3. The maximum absolute atomic E-state index is 11.8. The number of para-hydroxylation sites is 1. The van der Waals surface area contributed by atoms with Gasteiger partial charge >= 0.3 is 5.51 Å². The summed E-state index contributed by atoms with van der Waals surface area (Å²) < 4.78 is 35.5. The number of benzene rings is 1. The number of anilines is 1. The quantitative estimate of drug-likeness (QED) is 0.664. The summed E-state index contributed by atoms with van der Waals surface area (Å²) in [6.07, 6.45) is 0. The minimum absolute atomic E-state index is 0.102. The molecule has 0 aliphatic carbocycles. The molecule has 8 heteroatoms. The Morgan fingerprint density at radius 1 is 1.44 bits per heavy atom. The van der Waals surface area contributed by atoms with Crippen LogP contribution in [0.3, 0.4) is 0 Å². The predicted octanol–water partition coefficient (Wildman–Crippen LogP) is 2.91. The second-order valence-corrected chi connectivity index (χ2v) is 4.82. The van der Waals surface area contributed by atoms with Gasteiger partial charge in [0.1, 0.15) is 0 Å². The molecule has 0 aliphatic heterocycles. The Balaban J connectivity index is 2.49. The molecule has 18 heavy (non-hydrogen) atoms. The van der Waals surface area contributed by atoms with Crippen molar-refractivity contribution in [3.8, 4) is 0 Å². The zero-order chi connectivity index (χ0) is 13.8. The van der Waals surface area contributed by atoms with Crippen LogP contribution in [0.25, 0.3) is 0 Å². The molecular weight excluding hydrogens is 289 g/mol. The van der Waals surface area contributed by atoms with Crippen molar-refractivity contribution in [2.24, 2.45) is 0 Å². The van der Waals surface area contributed by atoms with Crippen LogP contribution in [0.1, 0.15) is 10.4 Å². The molecule has 3 nitrogen and oxygen atoms in total. The summed E-state index contributed by atoms with van der Waals surface area (Å²) in [6, 6.07) is 4.51. The molecule has 100 valence electrons. The summed E-state index contributed by atoms with van der Waals surface area (Å²) in [4.78, 5) is 11.6. The van der Waals surface area contributed by atoms with E-state index in [0.29, 0.717) is 0 Å². The Hall–Kier alpha value is -1.08. The van der Waals surface area contributed by atoms with E-state index < -0.39 is 11.4 Å². The van der Waals surface area contributed by atoms with Crippen molar-refractivity contribution in [2.75, 3.05) is 18.0 Å². The molecule has 0 spiro atoms. The monoisotopic (exact) mass is 298 g/mol. The number of thioether (sulfide) groups is 1. The van der Waals surface area contributed by atoms with Crippen LogP contribution < -0.4 is 11.1 Å². The third kappa shape index (κ3) is 4.66. The number of nitrogens with two attached hydrogens (primary N) is 1. The standard InChI is InChI=1S/C10H10ClF3N2OS/c11-7-3-1-2-6(8(7)15)9(17)16-4-5-18-10(12,13)14/h1-3H,4-5,15H2,(H,16,17). The molecule has 0 saturated carbocycles. The van der Waals surface area contributed by atoms with Crippen molar-refractivity contribution >= 4 is 35.0 Å². The van der Waals surface area contributed by atoms with Gasteiger partial charge in [0.15, 0.2) is 0 Å². The highest BCUT2D eigenvalue weighted by atomic mass is 35.5. The third-order valence-electron chi connectivity index (χ3n) is 1.95. The second kappa shape index (κ2) is 6.19. The van der Waals surface area contributed by atoms with Crippen molar-refractivity contribution in [3.63, 3.8) is 0 Å². The zero-order valence-corrected chi connectivity index (χ0v) is 10.6. The molecule has 0 saturated heterocycles. The first-order valence-corrected chi connectivity index (χ1v) is 6.20. The predicted molar refractivity (Wildman–Crippen MR) is 66.7 cm³/mol. The van der Waals surface area contributed by atoms with Gasteiger partial charge in [0.2, 0.25) is 0 Å². The van der Waals surface area contributed by atoms with Gasteiger partial charge in [0.25, 0.3) is 5.91 Å². The molecule has 0 atom stereocenters. The van der Waals surface area contributed by atoms with Gasteiger partial charge in [0, 0.05) is 12.3 Å².